The van der Waals surface area contributed by atoms with E-state index in [2.05, 4.69) is 5.16 Å². The normalized spacial score (nSPS) is 18.9. The van der Waals surface area contributed by atoms with Gasteiger partial charge in [-0.1, -0.05) is 29.4 Å². The van der Waals surface area contributed by atoms with E-state index in [1.54, 1.807) is 6.07 Å². The van der Waals surface area contributed by atoms with Crippen LogP contribution in [0.5, 0.6) is 0 Å². The van der Waals surface area contributed by atoms with E-state index in [0.717, 1.165) is 24.1 Å². The van der Waals surface area contributed by atoms with Crippen LogP contribution in [0, 0.1) is 0 Å². The Labute approximate surface area is 88.4 Å². The highest BCUT2D eigenvalue weighted by Crippen LogP contribution is 2.49. The molecule has 0 atom stereocenters. The van der Waals surface area contributed by atoms with Crippen LogP contribution in [0.15, 0.2) is 29.4 Å². The molecule has 2 nitrogen and oxygen atoms in total. The van der Waals surface area contributed by atoms with Gasteiger partial charge in [-0.25, -0.2) is 4.39 Å². The average Bonchev–Trinajstić information content (AvgIpc) is 3.09. The van der Waals surface area contributed by atoms with Gasteiger partial charge < -0.3 is 5.21 Å². The first kappa shape index (κ1) is 10.1. The van der Waals surface area contributed by atoms with Crippen LogP contribution in [0.4, 0.5) is 4.39 Å². The molecule has 1 saturated carbocycles. The van der Waals surface area contributed by atoms with Crippen molar-refractivity contribution in [3.8, 4) is 0 Å². The summed E-state index contributed by atoms with van der Waals surface area (Å²) < 4.78 is 12.5. The smallest absolute Gasteiger partial charge is 0.115 e. The maximum atomic E-state index is 12.5. The van der Waals surface area contributed by atoms with E-state index in [1.807, 2.05) is 25.1 Å². The maximum absolute atomic E-state index is 12.5. The monoisotopic (exact) mass is 207 g/mol. The fourth-order valence-corrected chi connectivity index (χ4v) is 2.03. The Hall–Kier alpha value is -1.38. The number of hydrogen-bond donors (Lipinski definition) is 1. The largest absolute Gasteiger partial charge is 0.411 e. The molecule has 1 fully saturated rings. The number of nitrogens with zero attached hydrogens (tertiary/aromatic N) is 1. The number of rotatable bonds is 3. The fourth-order valence-electron chi connectivity index (χ4n) is 2.03. The summed E-state index contributed by atoms with van der Waals surface area (Å²) in [5.41, 5.74) is 2.34. The summed E-state index contributed by atoms with van der Waals surface area (Å²) in [5, 5.41) is 12.1. The zero-order chi connectivity index (χ0) is 10.9. The second kappa shape index (κ2) is 3.65. The minimum Gasteiger partial charge on any atom is -0.411 e. The van der Waals surface area contributed by atoms with Crippen LogP contribution in [-0.2, 0) is 12.1 Å². The Balaban J connectivity index is 2.37. The van der Waals surface area contributed by atoms with Crippen molar-refractivity contribution in [2.24, 2.45) is 5.16 Å². The highest BCUT2D eigenvalue weighted by molar-refractivity contribution is 5.95. The predicted octanol–water partition coefficient (Wildman–Crippen LogP) is 3.04. The van der Waals surface area contributed by atoms with Crippen molar-refractivity contribution < 1.29 is 9.60 Å². The van der Waals surface area contributed by atoms with E-state index < -0.39 is 6.67 Å². The molecule has 3 heteroatoms. The quantitative estimate of drug-likeness (QED) is 0.461. The lowest BCUT2D eigenvalue weighted by atomic mass is 9.90. The molecule has 2 rings (SSSR count). The molecule has 0 amide bonds. The lowest BCUT2D eigenvalue weighted by molar-refractivity contribution is 0.316. The molecule has 0 bridgehead atoms. The van der Waals surface area contributed by atoms with Gasteiger partial charge in [0.2, 0.25) is 0 Å². The molecule has 15 heavy (non-hydrogen) atoms. The lowest BCUT2D eigenvalue weighted by Gasteiger charge is -2.14. The third kappa shape index (κ3) is 1.62. The molecule has 1 N–H and O–H groups in total. The van der Waals surface area contributed by atoms with E-state index >= 15 is 0 Å². The van der Waals surface area contributed by atoms with Gasteiger partial charge in [-0.2, -0.15) is 0 Å². The van der Waals surface area contributed by atoms with Gasteiger partial charge in [-0.15, -0.1) is 0 Å². The van der Waals surface area contributed by atoms with Crippen LogP contribution in [0.1, 0.15) is 30.9 Å². The van der Waals surface area contributed by atoms with Gasteiger partial charge in [0, 0.05) is 5.41 Å². The topological polar surface area (TPSA) is 32.6 Å². The first-order valence-electron chi connectivity index (χ1n) is 5.07. The minimum atomic E-state index is -0.445. The molecular weight excluding hydrogens is 193 g/mol. The molecular formula is C12H14FNO. The van der Waals surface area contributed by atoms with Gasteiger partial charge in [0.05, 0.1) is 5.71 Å². The first-order chi connectivity index (χ1) is 7.23. The molecule has 0 radical (unpaired) electrons. The molecule has 1 aromatic rings. The van der Waals surface area contributed by atoms with E-state index in [0.29, 0.717) is 5.56 Å². The molecule has 1 aliphatic rings. The van der Waals surface area contributed by atoms with Crippen molar-refractivity contribution in [2.75, 3.05) is 0 Å². The van der Waals surface area contributed by atoms with Gasteiger partial charge in [-0.3, -0.25) is 0 Å². The van der Waals surface area contributed by atoms with Crippen LogP contribution in [0.3, 0.4) is 0 Å². The Bertz CT molecular complexity index is 396. The highest BCUT2D eigenvalue weighted by Gasteiger charge is 2.47. The Morgan fingerprint density at radius 1 is 1.53 bits per heavy atom. The van der Waals surface area contributed by atoms with Crippen LogP contribution in [0.2, 0.25) is 0 Å². The second-order valence-corrected chi connectivity index (χ2v) is 4.10. The summed E-state index contributed by atoms with van der Waals surface area (Å²) in [4.78, 5) is 0. The molecule has 0 unspecified atom stereocenters. The number of alkyl halides is 1. The molecule has 1 aliphatic carbocycles. The third-order valence-corrected chi connectivity index (χ3v) is 3.23. The van der Waals surface area contributed by atoms with Gasteiger partial charge in [0.25, 0.3) is 0 Å². The van der Waals surface area contributed by atoms with Crippen molar-refractivity contribution in [1.29, 1.82) is 0 Å². The van der Waals surface area contributed by atoms with Gasteiger partial charge in [0.15, 0.2) is 0 Å². The number of oxime groups is 1. The fraction of sp³-hybridized carbons (Fsp3) is 0.417. The number of benzene rings is 1. The highest BCUT2D eigenvalue weighted by atomic mass is 19.1. The number of hydrogen-bond acceptors (Lipinski definition) is 2. The van der Waals surface area contributed by atoms with Crippen LogP contribution in [-0.4, -0.2) is 10.9 Å². The van der Waals surface area contributed by atoms with Crippen molar-refractivity contribution in [1.82, 2.24) is 0 Å². The minimum absolute atomic E-state index is 0.125. The van der Waals surface area contributed by atoms with Crippen molar-refractivity contribution in [3.63, 3.8) is 0 Å². The van der Waals surface area contributed by atoms with E-state index in [1.165, 1.54) is 0 Å². The summed E-state index contributed by atoms with van der Waals surface area (Å²) in [7, 11) is 0. The van der Waals surface area contributed by atoms with Crippen molar-refractivity contribution >= 4 is 5.71 Å². The molecule has 80 valence electrons. The van der Waals surface area contributed by atoms with Crippen LogP contribution >= 0.6 is 0 Å². The van der Waals surface area contributed by atoms with Gasteiger partial charge in [-0.05, 0) is 30.9 Å². The standard InChI is InChI=1S/C12H14FNO/c1-9(14-15)12(5-6-12)11-4-2-3-10(7-11)8-13/h2-4,7,15H,5-6,8H2,1H3. The summed E-state index contributed by atoms with van der Waals surface area (Å²) in [6, 6.07) is 7.46. The molecule has 0 aromatic heterocycles. The van der Waals surface area contributed by atoms with Crippen molar-refractivity contribution in [3.05, 3.63) is 35.4 Å². The number of halogens is 1. The van der Waals surface area contributed by atoms with Crippen molar-refractivity contribution in [2.45, 2.75) is 31.9 Å². The summed E-state index contributed by atoms with van der Waals surface area (Å²) in [6.07, 6.45) is 1.97. The SMILES string of the molecule is CC(=NO)C1(c2cccc(CF)c2)CC1. The van der Waals surface area contributed by atoms with Crippen LogP contribution < -0.4 is 0 Å². The summed E-state index contributed by atoms with van der Waals surface area (Å²) in [5.74, 6) is 0. The molecule has 0 spiro atoms. The Morgan fingerprint density at radius 3 is 2.80 bits per heavy atom. The molecule has 0 aliphatic heterocycles. The molecule has 1 aromatic carbocycles. The van der Waals surface area contributed by atoms with E-state index in [9.17, 15) is 4.39 Å². The maximum Gasteiger partial charge on any atom is 0.115 e. The third-order valence-electron chi connectivity index (χ3n) is 3.23. The Morgan fingerprint density at radius 2 is 2.27 bits per heavy atom. The molecule has 0 heterocycles. The van der Waals surface area contributed by atoms with Crippen LogP contribution in [0.25, 0.3) is 0 Å². The predicted molar refractivity (Wildman–Crippen MR) is 57.1 cm³/mol. The average molecular weight is 207 g/mol. The van der Waals surface area contributed by atoms with Gasteiger partial charge in [0.1, 0.15) is 6.67 Å². The Kier molecular flexibility index (Phi) is 2.47. The molecule has 0 saturated heterocycles. The summed E-state index contributed by atoms with van der Waals surface area (Å²) >= 11 is 0. The zero-order valence-corrected chi connectivity index (χ0v) is 8.70. The second-order valence-electron chi connectivity index (χ2n) is 4.10. The zero-order valence-electron chi connectivity index (χ0n) is 8.70. The summed E-state index contributed by atoms with van der Waals surface area (Å²) in [6.45, 7) is 1.37. The van der Waals surface area contributed by atoms with E-state index in [4.69, 9.17) is 5.21 Å². The van der Waals surface area contributed by atoms with Gasteiger partial charge >= 0.3 is 0 Å². The lowest BCUT2D eigenvalue weighted by Crippen LogP contribution is -2.17. The van der Waals surface area contributed by atoms with E-state index in [-0.39, 0.29) is 5.41 Å². The first-order valence-corrected chi connectivity index (χ1v) is 5.07.